The minimum absolute atomic E-state index is 0.104. The van der Waals surface area contributed by atoms with Gasteiger partial charge in [-0.3, -0.25) is 4.79 Å². The fourth-order valence-corrected chi connectivity index (χ4v) is 5.86. The minimum Gasteiger partial charge on any atom is -0.374 e. The number of carbonyl (C=O) groups excluding carboxylic acids is 1. The number of imidazole rings is 1. The molecule has 1 saturated heterocycles. The summed E-state index contributed by atoms with van der Waals surface area (Å²) in [5, 5.41) is 2.94. The molecule has 1 aliphatic heterocycles. The van der Waals surface area contributed by atoms with Crippen LogP contribution in [0, 0.1) is 0 Å². The second-order valence-corrected chi connectivity index (χ2v) is 11.2. The monoisotopic (exact) mass is 498 g/mol. The van der Waals surface area contributed by atoms with Crippen LogP contribution in [0.25, 0.3) is 11.0 Å². The number of carbonyl (C=O) groups is 1. The minimum atomic E-state index is -3.52. The summed E-state index contributed by atoms with van der Waals surface area (Å²) < 4.78 is 35.2. The highest BCUT2D eigenvalue weighted by atomic mass is 32.2. The Morgan fingerprint density at radius 1 is 1.11 bits per heavy atom. The van der Waals surface area contributed by atoms with Crippen LogP contribution in [-0.4, -0.2) is 47.4 Å². The molecule has 1 N–H and O–H groups in total. The molecule has 0 unspecified atom stereocenters. The van der Waals surface area contributed by atoms with E-state index in [-0.39, 0.29) is 23.3 Å². The zero-order valence-corrected chi connectivity index (χ0v) is 21.5. The van der Waals surface area contributed by atoms with Crippen LogP contribution in [-0.2, 0) is 39.6 Å². The standard InChI is InChI=1S/C26H34N4O4S/c1-19(2)34-18-20-8-7-9-21(16-20)27-26(31)13-12-25-28-23-17-22(10-11-24(23)29(25)3)35(32,33)30-14-5-4-6-15-30/h7-11,16-17,19H,4-6,12-15,18H2,1-3H3,(H,27,31). The van der Waals surface area contributed by atoms with Gasteiger partial charge in [-0.1, -0.05) is 18.6 Å². The topological polar surface area (TPSA) is 93.5 Å². The van der Waals surface area contributed by atoms with Crippen LogP contribution >= 0.6 is 0 Å². The summed E-state index contributed by atoms with van der Waals surface area (Å²) in [6.45, 7) is 5.60. The van der Waals surface area contributed by atoms with Crippen molar-refractivity contribution >= 4 is 32.7 Å². The van der Waals surface area contributed by atoms with E-state index in [1.807, 2.05) is 49.7 Å². The van der Waals surface area contributed by atoms with Gasteiger partial charge in [0.05, 0.1) is 28.6 Å². The van der Waals surface area contributed by atoms with E-state index >= 15 is 0 Å². The van der Waals surface area contributed by atoms with Crippen molar-refractivity contribution in [1.82, 2.24) is 13.9 Å². The average Bonchev–Trinajstić information content (AvgIpc) is 3.17. The van der Waals surface area contributed by atoms with Crippen molar-refractivity contribution < 1.29 is 17.9 Å². The van der Waals surface area contributed by atoms with Crippen molar-refractivity contribution in [1.29, 1.82) is 0 Å². The van der Waals surface area contributed by atoms with Crippen LogP contribution in [0.15, 0.2) is 47.4 Å². The molecule has 1 aliphatic rings. The molecule has 8 nitrogen and oxygen atoms in total. The fourth-order valence-electron chi connectivity index (χ4n) is 4.32. The third kappa shape index (κ3) is 6.09. The summed E-state index contributed by atoms with van der Waals surface area (Å²) in [7, 11) is -1.63. The summed E-state index contributed by atoms with van der Waals surface area (Å²) in [6, 6.07) is 12.7. The Bertz CT molecular complexity index is 1290. The predicted molar refractivity (Wildman–Crippen MR) is 137 cm³/mol. The smallest absolute Gasteiger partial charge is 0.243 e. The number of nitrogens with zero attached hydrogens (tertiary/aromatic N) is 3. The molecular formula is C26H34N4O4S. The van der Waals surface area contributed by atoms with Crippen LogP contribution < -0.4 is 5.32 Å². The molecule has 0 spiro atoms. The number of nitrogens with one attached hydrogen (secondary N) is 1. The number of piperidine rings is 1. The first-order valence-electron chi connectivity index (χ1n) is 12.2. The average molecular weight is 499 g/mol. The van der Waals surface area contributed by atoms with Gasteiger partial charge in [0.15, 0.2) is 0 Å². The van der Waals surface area contributed by atoms with E-state index < -0.39 is 10.0 Å². The summed E-state index contributed by atoms with van der Waals surface area (Å²) in [5.41, 5.74) is 3.20. The van der Waals surface area contributed by atoms with E-state index in [1.54, 1.807) is 22.5 Å². The summed E-state index contributed by atoms with van der Waals surface area (Å²) >= 11 is 0. The van der Waals surface area contributed by atoms with Crippen molar-refractivity contribution in [2.45, 2.75) is 63.6 Å². The quantitative estimate of drug-likeness (QED) is 0.476. The van der Waals surface area contributed by atoms with Crippen molar-refractivity contribution in [2.75, 3.05) is 18.4 Å². The van der Waals surface area contributed by atoms with Gasteiger partial charge in [-0.25, -0.2) is 13.4 Å². The van der Waals surface area contributed by atoms with Crippen molar-refractivity contribution in [3.63, 3.8) is 0 Å². The van der Waals surface area contributed by atoms with Gasteiger partial charge in [0, 0.05) is 38.7 Å². The first-order chi connectivity index (χ1) is 16.7. The van der Waals surface area contributed by atoms with Crippen LogP contribution in [0.5, 0.6) is 0 Å². The molecule has 2 heterocycles. The maximum atomic E-state index is 13.0. The normalized spacial score (nSPS) is 15.1. The molecule has 188 valence electrons. The number of benzene rings is 2. The lowest BCUT2D eigenvalue weighted by atomic mass is 10.2. The molecule has 0 radical (unpaired) electrons. The maximum Gasteiger partial charge on any atom is 0.243 e. The third-order valence-electron chi connectivity index (χ3n) is 6.27. The van der Waals surface area contributed by atoms with Gasteiger partial charge in [-0.2, -0.15) is 4.31 Å². The zero-order valence-electron chi connectivity index (χ0n) is 20.7. The van der Waals surface area contributed by atoms with E-state index in [9.17, 15) is 13.2 Å². The Labute approximate surface area is 207 Å². The van der Waals surface area contributed by atoms with Gasteiger partial charge >= 0.3 is 0 Å². The van der Waals surface area contributed by atoms with Gasteiger partial charge < -0.3 is 14.6 Å². The lowest BCUT2D eigenvalue weighted by Crippen LogP contribution is -2.35. The summed E-state index contributed by atoms with van der Waals surface area (Å²) in [4.78, 5) is 17.5. The molecule has 0 aliphatic carbocycles. The molecule has 9 heteroatoms. The number of fused-ring (bicyclic) bond motifs is 1. The number of anilines is 1. The lowest BCUT2D eigenvalue weighted by molar-refractivity contribution is -0.116. The Morgan fingerprint density at radius 2 is 1.89 bits per heavy atom. The first kappa shape index (κ1) is 25.3. The van der Waals surface area contributed by atoms with E-state index in [0.717, 1.165) is 41.9 Å². The SMILES string of the molecule is CC(C)OCc1cccc(NC(=O)CCc2nc3cc(S(=O)(=O)N4CCCCC4)ccc3n2C)c1. The number of rotatable bonds is 9. The number of ether oxygens (including phenoxy) is 1. The number of hydrogen-bond donors (Lipinski definition) is 1. The maximum absolute atomic E-state index is 13.0. The highest BCUT2D eigenvalue weighted by Crippen LogP contribution is 2.25. The molecule has 2 aromatic carbocycles. The van der Waals surface area contributed by atoms with E-state index in [4.69, 9.17) is 4.74 Å². The molecule has 4 rings (SSSR count). The van der Waals surface area contributed by atoms with Gasteiger partial charge in [-0.15, -0.1) is 0 Å². The van der Waals surface area contributed by atoms with Crippen LogP contribution in [0.2, 0.25) is 0 Å². The largest absolute Gasteiger partial charge is 0.374 e. The van der Waals surface area contributed by atoms with E-state index in [2.05, 4.69) is 10.3 Å². The Hall–Kier alpha value is -2.75. The Morgan fingerprint density at radius 3 is 2.63 bits per heavy atom. The van der Waals surface area contributed by atoms with Crippen LogP contribution in [0.4, 0.5) is 5.69 Å². The number of aryl methyl sites for hydroxylation is 2. The number of sulfonamides is 1. The second-order valence-electron chi connectivity index (χ2n) is 9.31. The molecular weight excluding hydrogens is 464 g/mol. The number of amides is 1. The number of aromatic nitrogens is 2. The van der Waals surface area contributed by atoms with Gasteiger partial charge in [0.25, 0.3) is 0 Å². The van der Waals surface area contributed by atoms with Crippen LogP contribution in [0.3, 0.4) is 0 Å². The highest BCUT2D eigenvalue weighted by Gasteiger charge is 2.26. The highest BCUT2D eigenvalue weighted by molar-refractivity contribution is 7.89. The fraction of sp³-hybridized carbons (Fsp3) is 0.462. The molecule has 0 atom stereocenters. The Balaban J connectivity index is 1.42. The number of hydrogen-bond acceptors (Lipinski definition) is 5. The van der Waals surface area contributed by atoms with Gasteiger partial charge in [0.2, 0.25) is 15.9 Å². The van der Waals surface area contributed by atoms with Gasteiger partial charge in [-0.05, 0) is 62.6 Å². The molecule has 1 amide bonds. The molecule has 0 bridgehead atoms. The van der Waals surface area contributed by atoms with E-state index in [1.165, 1.54) is 0 Å². The third-order valence-corrected chi connectivity index (χ3v) is 8.16. The Kier molecular flexibility index (Phi) is 7.88. The second kappa shape index (κ2) is 10.9. The van der Waals surface area contributed by atoms with Crippen molar-refractivity contribution in [3.8, 4) is 0 Å². The van der Waals surface area contributed by atoms with Crippen molar-refractivity contribution in [3.05, 3.63) is 53.9 Å². The summed E-state index contributed by atoms with van der Waals surface area (Å²) in [6.07, 6.45) is 3.72. The van der Waals surface area contributed by atoms with Crippen molar-refractivity contribution in [2.24, 2.45) is 7.05 Å². The molecule has 1 aromatic heterocycles. The summed E-state index contributed by atoms with van der Waals surface area (Å²) in [5.74, 6) is 0.633. The van der Waals surface area contributed by atoms with Gasteiger partial charge in [0.1, 0.15) is 5.82 Å². The first-order valence-corrected chi connectivity index (χ1v) is 13.6. The molecule has 1 fully saturated rings. The zero-order chi connectivity index (χ0) is 25.0. The molecule has 3 aromatic rings. The van der Waals surface area contributed by atoms with E-state index in [0.29, 0.717) is 31.6 Å². The molecule has 35 heavy (non-hydrogen) atoms. The van der Waals surface area contributed by atoms with Crippen LogP contribution in [0.1, 0.15) is 50.9 Å². The predicted octanol–water partition coefficient (Wildman–Crippen LogP) is 4.24. The lowest BCUT2D eigenvalue weighted by Gasteiger charge is -2.25. The molecule has 0 saturated carbocycles.